The topological polar surface area (TPSA) is 76.7 Å². The second-order valence-electron chi connectivity index (χ2n) is 7.96. The molecule has 5 nitrogen and oxygen atoms in total. The van der Waals surface area contributed by atoms with Gasteiger partial charge in [0.25, 0.3) is 0 Å². The lowest BCUT2D eigenvalue weighted by Crippen LogP contribution is -2.31. The van der Waals surface area contributed by atoms with Crippen molar-refractivity contribution >= 4 is 11.7 Å². The first-order valence-electron chi connectivity index (χ1n) is 11.0. The maximum absolute atomic E-state index is 11.1. The Hall–Kier alpha value is -2.30. The summed E-state index contributed by atoms with van der Waals surface area (Å²) in [6, 6.07) is -0.524. The molecule has 0 aliphatic heterocycles. The fourth-order valence-electron chi connectivity index (χ4n) is 3.08. The summed E-state index contributed by atoms with van der Waals surface area (Å²) in [5.74, 6) is 0.910. The monoisotopic (exact) mass is 417 g/mol. The van der Waals surface area contributed by atoms with E-state index in [9.17, 15) is 4.79 Å². The zero-order valence-corrected chi connectivity index (χ0v) is 20.3. The Kier molecular flexibility index (Phi) is 14.3. The predicted molar refractivity (Wildman–Crippen MR) is 130 cm³/mol. The number of rotatable bonds is 14. The number of amides is 2. The number of hydrogen-bond acceptors (Lipinski definition) is 3. The average molecular weight is 418 g/mol. The van der Waals surface area contributed by atoms with Crippen LogP contribution in [0.5, 0.6) is 0 Å². The molecule has 0 unspecified atom stereocenters. The van der Waals surface area contributed by atoms with Crippen LogP contribution in [0.3, 0.4) is 0 Å². The van der Waals surface area contributed by atoms with Crippen LogP contribution in [0.15, 0.2) is 51.3 Å². The van der Waals surface area contributed by atoms with E-state index in [1.165, 1.54) is 12.0 Å². The van der Waals surface area contributed by atoms with E-state index in [1.54, 1.807) is 0 Å². The van der Waals surface area contributed by atoms with Crippen molar-refractivity contribution < 1.29 is 9.53 Å². The van der Waals surface area contributed by atoms with Gasteiger partial charge in [-0.15, -0.1) is 0 Å². The fraction of sp³-hybridized carbons (Fsp3) is 0.600. The van der Waals surface area contributed by atoms with Crippen molar-refractivity contribution in [2.24, 2.45) is 10.7 Å². The van der Waals surface area contributed by atoms with Crippen LogP contribution < -0.4 is 11.1 Å². The Morgan fingerprint density at radius 1 is 1.07 bits per heavy atom. The van der Waals surface area contributed by atoms with E-state index in [2.05, 4.69) is 43.7 Å². The highest BCUT2D eigenvalue weighted by Gasteiger charge is 2.14. The minimum atomic E-state index is -0.524. The van der Waals surface area contributed by atoms with Crippen molar-refractivity contribution in [2.45, 2.75) is 80.1 Å². The number of nitrogens with one attached hydrogen (secondary N) is 1. The van der Waals surface area contributed by atoms with Crippen LogP contribution in [0.2, 0.25) is 0 Å². The molecule has 0 aromatic carbocycles. The lowest BCUT2D eigenvalue weighted by Gasteiger charge is -2.17. The molecule has 0 aromatic rings. The minimum absolute atomic E-state index is 0.409. The third-order valence-corrected chi connectivity index (χ3v) is 4.93. The Bertz CT molecular complexity index is 697. The molecular formula is C25H43N3O2. The van der Waals surface area contributed by atoms with Crippen LogP contribution in [0.25, 0.3) is 0 Å². The number of unbranched alkanes of at least 4 members (excludes halogenated alkanes) is 2. The van der Waals surface area contributed by atoms with E-state index in [0.717, 1.165) is 65.9 Å². The van der Waals surface area contributed by atoms with Crippen LogP contribution in [0.1, 0.15) is 80.1 Å². The van der Waals surface area contributed by atoms with Gasteiger partial charge in [-0.3, -0.25) is 4.99 Å². The summed E-state index contributed by atoms with van der Waals surface area (Å²) in [4.78, 5) is 15.7. The molecule has 0 aliphatic carbocycles. The standard InChI is InChI=1S/C25H43N3O2/c1-9-11-12-14-22(15-23(19(5)13-10-2)30-17-18(3)4)24(27-8)21(7)20(6)16-28-25(26)29/h15H,3,9-14,16-17H2,1-2,4-8H3,(H3,26,28,29)/b21-20+,22-15+,23-19-,27-24+. The lowest BCUT2D eigenvalue weighted by atomic mass is 9.94. The number of hydrogen-bond donors (Lipinski definition) is 2. The van der Waals surface area contributed by atoms with Gasteiger partial charge in [-0.05, 0) is 80.9 Å². The molecule has 0 aliphatic rings. The highest BCUT2D eigenvalue weighted by atomic mass is 16.5. The fourth-order valence-corrected chi connectivity index (χ4v) is 3.08. The molecule has 0 heterocycles. The van der Waals surface area contributed by atoms with E-state index in [0.29, 0.717) is 13.2 Å². The summed E-state index contributed by atoms with van der Waals surface area (Å²) in [6.45, 7) is 17.4. The van der Waals surface area contributed by atoms with E-state index >= 15 is 0 Å². The molecule has 0 saturated carbocycles. The van der Waals surface area contributed by atoms with Crippen molar-refractivity contribution in [3.05, 3.63) is 46.3 Å². The maximum atomic E-state index is 11.1. The molecule has 170 valence electrons. The molecule has 2 amide bonds. The molecule has 3 N–H and O–H groups in total. The first-order chi connectivity index (χ1) is 14.2. The number of ether oxygens (including phenoxy) is 1. The zero-order chi connectivity index (χ0) is 23.1. The number of carbonyl (C=O) groups is 1. The lowest BCUT2D eigenvalue weighted by molar-refractivity contribution is 0.248. The predicted octanol–water partition coefficient (Wildman–Crippen LogP) is 6.24. The first-order valence-corrected chi connectivity index (χ1v) is 11.0. The van der Waals surface area contributed by atoms with Gasteiger partial charge in [0.1, 0.15) is 12.4 Å². The third kappa shape index (κ3) is 11.0. The normalized spacial score (nSPS) is 14.1. The van der Waals surface area contributed by atoms with Crippen LogP contribution in [-0.2, 0) is 4.74 Å². The molecule has 0 spiro atoms. The van der Waals surface area contributed by atoms with Crippen molar-refractivity contribution in [3.8, 4) is 0 Å². The Labute approximate surface area is 184 Å². The van der Waals surface area contributed by atoms with Crippen molar-refractivity contribution in [3.63, 3.8) is 0 Å². The van der Waals surface area contributed by atoms with Gasteiger partial charge >= 0.3 is 6.03 Å². The van der Waals surface area contributed by atoms with Crippen molar-refractivity contribution in [2.75, 3.05) is 20.2 Å². The maximum Gasteiger partial charge on any atom is 0.312 e. The molecule has 0 rings (SSSR count). The van der Waals surface area contributed by atoms with Gasteiger partial charge < -0.3 is 15.8 Å². The average Bonchev–Trinajstić information content (AvgIpc) is 2.69. The van der Waals surface area contributed by atoms with Crippen molar-refractivity contribution in [1.29, 1.82) is 0 Å². The molecular weight excluding hydrogens is 374 g/mol. The quantitative estimate of drug-likeness (QED) is 0.115. The number of nitrogens with zero attached hydrogens (tertiary/aromatic N) is 1. The third-order valence-electron chi connectivity index (χ3n) is 4.93. The van der Waals surface area contributed by atoms with E-state index in [4.69, 9.17) is 10.5 Å². The van der Waals surface area contributed by atoms with Gasteiger partial charge in [0, 0.05) is 13.6 Å². The number of primary amides is 1. The number of urea groups is 1. The molecule has 0 bridgehead atoms. The number of allylic oxidation sites excluding steroid dienone is 4. The summed E-state index contributed by atoms with van der Waals surface area (Å²) < 4.78 is 6.13. The number of carbonyl (C=O) groups excluding carboxylic acids is 1. The van der Waals surface area contributed by atoms with Crippen LogP contribution >= 0.6 is 0 Å². The Balaban J connectivity index is 6.17. The molecule has 0 atom stereocenters. The van der Waals surface area contributed by atoms with E-state index in [1.807, 2.05) is 27.8 Å². The largest absolute Gasteiger partial charge is 0.489 e. The van der Waals surface area contributed by atoms with Gasteiger partial charge in [0.15, 0.2) is 0 Å². The Morgan fingerprint density at radius 3 is 2.23 bits per heavy atom. The molecule has 5 heteroatoms. The SMILES string of the molecule is C=C(C)COC(/C=C(CCCCC)/C(=N/C)C(/C)=C(\C)CNC(N)=O)=C(/C)CCC. The first kappa shape index (κ1) is 27.7. The molecule has 0 radical (unpaired) electrons. The molecule has 0 saturated heterocycles. The van der Waals surface area contributed by atoms with Gasteiger partial charge in [-0.2, -0.15) is 0 Å². The van der Waals surface area contributed by atoms with Crippen LogP contribution in [0.4, 0.5) is 4.79 Å². The summed E-state index contributed by atoms with van der Waals surface area (Å²) in [7, 11) is 1.82. The zero-order valence-electron chi connectivity index (χ0n) is 20.3. The highest BCUT2D eigenvalue weighted by Crippen LogP contribution is 2.23. The minimum Gasteiger partial charge on any atom is -0.489 e. The highest BCUT2D eigenvalue weighted by molar-refractivity contribution is 6.12. The summed E-state index contributed by atoms with van der Waals surface area (Å²) in [5, 5.41) is 2.67. The summed E-state index contributed by atoms with van der Waals surface area (Å²) in [5.41, 5.74) is 11.7. The van der Waals surface area contributed by atoms with Gasteiger partial charge in [-0.25, -0.2) is 4.79 Å². The smallest absolute Gasteiger partial charge is 0.312 e. The second kappa shape index (κ2) is 15.5. The van der Waals surface area contributed by atoms with E-state index in [-0.39, 0.29) is 0 Å². The van der Waals surface area contributed by atoms with Crippen molar-refractivity contribution in [1.82, 2.24) is 5.32 Å². The molecule has 30 heavy (non-hydrogen) atoms. The Morgan fingerprint density at radius 2 is 1.73 bits per heavy atom. The van der Waals surface area contributed by atoms with E-state index < -0.39 is 6.03 Å². The van der Waals surface area contributed by atoms with Crippen LogP contribution in [0, 0.1) is 0 Å². The second-order valence-corrected chi connectivity index (χ2v) is 7.96. The van der Waals surface area contributed by atoms with Gasteiger partial charge in [0.05, 0.1) is 5.71 Å². The molecule has 0 aromatic heterocycles. The number of nitrogens with two attached hydrogens (primary N) is 1. The number of aliphatic imine (C=N–C) groups is 1. The summed E-state index contributed by atoms with van der Waals surface area (Å²) >= 11 is 0. The van der Waals surface area contributed by atoms with Crippen LogP contribution in [-0.4, -0.2) is 31.9 Å². The van der Waals surface area contributed by atoms with Gasteiger partial charge in [0.2, 0.25) is 0 Å². The van der Waals surface area contributed by atoms with Gasteiger partial charge in [-0.1, -0.05) is 39.7 Å². The summed E-state index contributed by atoms with van der Waals surface area (Å²) in [6.07, 6.45) is 8.55. The molecule has 0 fully saturated rings.